The Morgan fingerprint density at radius 2 is 2.24 bits per heavy atom. The lowest BCUT2D eigenvalue weighted by molar-refractivity contribution is -0.139. The first-order chi connectivity index (χ1) is 8.11. The van der Waals surface area contributed by atoms with E-state index >= 15 is 0 Å². The van der Waals surface area contributed by atoms with Crippen LogP contribution in [0.1, 0.15) is 49.4 Å². The van der Waals surface area contributed by atoms with Gasteiger partial charge in [0.2, 0.25) is 0 Å². The predicted octanol–water partition coefficient (Wildman–Crippen LogP) is 3.17. The molecule has 0 spiro atoms. The lowest BCUT2D eigenvalue weighted by atomic mass is 9.77. The van der Waals surface area contributed by atoms with E-state index in [0.717, 1.165) is 32.1 Å². The molecule has 0 radical (unpaired) electrons. The van der Waals surface area contributed by atoms with Crippen LogP contribution in [0, 0.1) is 5.41 Å². The van der Waals surface area contributed by atoms with Crippen LogP contribution < -0.4 is 5.73 Å². The molecule has 17 heavy (non-hydrogen) atoms. The number of carbonyl (C=O) groups is 1. The zero-order chi connectivity index (χ0) is 12.3. The molecular weight excluding hydrogens is 234 g/mol. The fourth-order valence-electron chi connectivity index (χ4n) is 2.97. The maximum atomic E-state index is 11.0. The molecule has 0 amide bonds. The molecule has 0 saturated heterocycles. The Bertz CT molecular complexity index is 369. The number of hydrogen-bond acceptors (Lipinski definition) is 3. The smallest absolute Gasteiger partial charge is 0.303 e. The molecular formula is C13H19NO2S. The van der Waals surface area contributed by atoms with Gasteiger partial charge in [-0.15, -0.1) is 11.3 Å². The van der Waals surface area contributed by atoms with Crippen molar-refractivity contribution >= 4 is 17.3 Å². The number of thiophene rings is 1. The number of nitrogens with two attached hydrogens (primary N) is 1. The van der Waals surface area contributed by atoms with Crippen molar-refractivity contribution in [3.05, 3.63) is 22.4 Å². The number of rotatable bonds is 5. The molecule has 3 N–H and O–H groups in total. The fraction of sp³-hybridized carbons (Fsp3) is 0.615. The topological polar surface area (TPSA) is 63.3 Å². The highest BCUT2D eigenvalue weighted by atomic mass is 32.1. The van der Waals surface area contributed by atoms with Gasteiger partial charge in [0.25, 0.3) is 0 Å². The second kappa shape index (κ2) is 5.19. The molecule has 1 heterocycles. The van der Waals surface area contributed by atoms with Gasteiger partial charge >= 0.3 is 5.97 Å². The molecule has 1 atom stereocenters. The summed E-state index contributed by atoms with van der Waals surface area (Å²) in [6, 6.07) is 4.03. The molecule has 2 rings (SSSR count). The van der Waals surface area contributed by atoms with Crippen molar-refractivity contribution in [3.63, 3.8) is 0 Å². The molecule has 0 bridgehead atoms. The normalized spacial score (nSPS) is 20.3. The van der Waals surface area contributed by atoms with Crippen LogP contribution in [-0.2, 0) is 4.79 Å². The Balaban J connectivity index is 2.05. The van der Waals surface area contributed by atoms with E-state index in [9.17, 15) is 4.79 Å². The number of carboxylic acids is 1. The third kappa shape index (κ3) is 3.07. The van der Waals surface area contributed by atoms with Crippen molar-refractivity contribution < 1.29 is 9.90 Å². The predicted molar refractivity (Wildman–Crippen MR) is 69.0 cm³/mol. The highest BCUT2D eigenvalue weighted by molar-refractivity contribution is 7.10. The first-order valence-corrected chi connectivity index (χ1v) is 7.00. The van der Waals surface area contributed by atoms with Gasteiger partial charge in [-0.25, -0.2) is 0 Å². The monoisotopic (exact) mass is 253 g/mol. The Morgan fingerprint density at radius 1 is 1.53 bits per heavy atom. The molecule has 1 saturated carbocycles. The highest BCUT2D eigenvalue weighted by Gasteiger charge is 2.37. The van der Waals surface area contributed by atoms with Gasteiger partial charge in [0.15, 0.2) is 0 Å². The van der Waals surface area contributed by atoms with Crippen molar-refractivity contribution in [2.24, 2.45) is 11.1 Å². The molecule has 1 aliphatic rings. The van der Waals surface area contributed by atoms with Crippen LogP contribution in [-0.4, -0.2) is 11.1 Å². The summed E-state index contributed by atoms with van der Waals surface area (Å²) >= 11 is 1.66. The van der Waals surface area contributed by atoms with Crippen LogP contribution in [0.4, 0.5) is 0 Å². The van der Waals surface area contributed by atoms with Crippen LogP contribution in [0.15, 0.2) is 17.5 Å². The average molecular weight is 253 g/mol. The van der Waals surface area contributed by atoms with Crippen molar-refractivity contribution in [1.82, 2.24) is 0 Å². The molecule has 94 valence electrons. The van der Waals surface area contributed by atoms with Crippen molar-refractivity contribution in [2.75, 3.05) is 0 Å². The maximum absolute atomic E-state index is 11.0. The summed E-state index contributed by atoms with van der Waals surface area (Å²) in [6.45, 7) is 0. The van der Waals surface area contributed by atoms with E-state index < -0.39 is 5.97 Å². The summed E-state index contributed by atoms with van der Waals surface area (Å²) in [5.41, 5.74) is 6.14. The number of aliphatic carboxylic acids is 1. The molecule has 1 fully saturated rings. The molecule has 4 heteroatoms. The largest absolute Gasteiger partial charge is 0.481 e. The van der Waals surface area contributed by atoms with Gasteiger partial charge in [0.05, 0.1) is 6.42 Å². The van der Waals surface area contributed by atoms with E-state index in [1.165, 1.54) is 4.88 Å². The third-order valence-electron chi connectivity index (χ3n) is 3.75. The molecule has 0 aromatic carbocycles. The number of hydrogen-bond donors (Lipinski definition) is 2. The molecule has 1 aliphatic carbocycles. The Morgan fingerprint density at radius 3 is 2.76 bits per heavy atom. The molecule has 1 aromatic rings. The lowest BCUT2D eigenvalue weighted by Gasteiger charge is -2.29. The summed E-state index contributed by atoms with van der Waals surface area (Å²) < 4.78 is 0. The highest BCUT2D eigenvalue weighted by Crippen LogP contribution is 2.47. The first kappa shape index (κ1) is 12.6. The van der Waals surface area contributed by atoms with Crippen LogP contribution in [0.3, 0.4) is 0 Å². The Hall–Kier alpha value is -0.870. The van der Waals surface area contributed by atoms with Gasteiger partial charge in [0.1, 0.15) is 0 Å². The van der Waals surface area contributed by atoms with Gasteiger partial charge in [0, 0.05) is 10.9 Å². The lowest BCUT2D eigenvalue weighted by Crippen LogP contribution is -2.26. The first-order valence-electron chi connectivity index (χ1n) is 6.12. The van der Waals surface area contributed by atoms with E-state index in [2.05, 4.69) is 0 Å². The zero-order valence-corrected chi connectivity index (χ0v) is 10.7. The average Bonchev–Trinajstić information content (AvgIpc) is 2.86. The standard InChI is InChI=1S/C13H19NO2S/c14-10(11-4-3-7-17-11)8-13(9-12(15)16)5-1-2-6-13/h3-4,7,10H,1-2,5-6,8-9,14H2,(H,15,16). The second-order valence-electron chi connectivity index (χ2n) is 5.10. The van der Waals surface area contributed by atoms with Crippen LogP contribution in [0.5, 0.6) is 0 Å². The Labute approximate surface area is 106 Å². The van der Waals surface area contributed by atoms with Gasteiger partial charge in [-0.3, -0.25) is 4.79 Å². The quantitative estimate of drug-likeness (QED) is 0.847. The third-order valence-corrected chi connectivity index (χ3v) is 4.76. The molecule has 1 aromatic heterocycles. The minimum absolute atomic E-state index is 0.00699. The Kier molecular flexibility index (Phi) is 3.84. The SMILES string of the molecule is NC(CC1(CC(=O)O)CCCC1)c1cccs1. The van der Waals surface area contributed by atoms with E-state index in [1.54, 1.807) is 11.3 Å². The van der Waals surface area contributed by atoms with E-state index in [0.29, 0.717) is 0 Å². The van der Waals surface area contributed by atoms with Crippen molar-refractivity contribution in [1.29, 1.82) is 0 Å². The van der Waals surface area contributed by atoms with E-state index in [-0.39, 0.29) is 17.9 Å². The summed E-state index contributed by atoms with van der Waals surface area (Å²) in [6.07, 6.45) is 5.39. The number of carboxylic acid groups (broad SMARTS) is 1. The van der Waals surface area contributed by atoms with Crippen LogP contribution in [0.2, 0.25) is 0 Å². The molecule has 3 nitrogen and oxygen atoms in total. The summed E-state index contributed by atoms with van der Waals surface area (Å²) in [5, 5.41) is 11.1. The van der Waals surface area contributed by atoms with Crippen molar-refractivity contribution in [2.45, 2.75) is 44.6 Å². The van der Waals surface area contributed by atoms with Gasteiger partial charge < -0.3 is 10.8 Å². The summed E-state index contributed by atoms with van der Waals surface area (Å²) in [7, 11) is 0. The second-order valence-corrected chi connectivity index (χ2v) is 6.08. The van der Waals surface area contributed by atoms with E-state index in [1.807, 2.05) is 17.5 Å². The minimum Gasteiger partial charge on any atom is -0.481 e. The van der Waals surface area contributed by atoms with Gasteiger partial charge in [-0.05, 0) is 36.1 Å². The van der Waals surface area contributed by atoms with Crippen LogP contribution >= 0.6 is 11.3 Å². The summed E-state index contributed by atoms with van der Waals surface area (Å²) in [5.74, 6) is -0.690. The van der Waals surface area contributed by atoms with E-state index in [4.69, 9.17) is 10.8 Å². The van der Waals surface area contributed by atoms with Gasteiger partial charge in [-0.2, -0.15) is 0 Å². The fourth-order valence-corrected chi connectivity index (χ4v) is 3.70. The maximum Gasteiger partial charge on any atom is 0.303 e. The summed E-state index contributed by atoms with van der Waals surface area (Å²) in [4.78, 5) is 12.2. The van der Waals surface area contributed by atoms with Crippen molar-refractivity contribution in [3.8, 4) is 0 Å². The molecule has 1 unspecified atom stereocenters. The van der Waals surface area contributed by atoms with Gasteiger partial charge in [-0.1, -0.05) is 18.9 Å². The minimum atomic E-state index is -0.690. The van der Waals surface area contributed by atoms with Crippen LogP contribution in [0.25, 0.3) is 0 Å². The molecule has 0 aliphatic heterocycles. The zero-order valence-electron chi connectivity index (χ0n) is 9.89.